The van der Waals surface area contributed by atoms with Gasteiger partial charge >= 0.3 is 0 Å². The van der Waals surface area contributed by atoms with Crippen LogP contribution in [0.1, 0.15) is 40.0 Å². The molecule has 10 heavy (non-hydrogen) atoms. The fourth-order valence-electron chi connectivity index (χ4n) is 0.894. The standard InChI is InChI=1S/C9H19F/c1-8(2)9(3)6-4-5-7-10/h8-9H,4-7H2,1-3H3/t9-/m0/s1. The van der Waals surface area contributed by atoms with Crippen molar-refractivity contribution in [3.8, 4) is 0 Å². The quantitative estimate of drug-likeness (QED) is 0.521. The lowest BCUT2D eigenvalue weighted by Gasteiger charge is -2.13. The van der Waals surface area contributed by atoms with Gasteiger partial charge in [0.2, 0.25) is 0 Å². The normalized spacial score (nSPS) is 14.1. The van der Waals surface area contributed by atoms with Crippen LogP contribution >= 0.6 is 0 Å². The maximum absolute atomic E-state index is 11.6. The molecule has 0 saturated carbocycles. The zero-order valence-corrected chi connectivity index (χ0v) is 7.36. The van der Waals surface area contributed by atoms with E-state index < -0.39 is 0 Å². The molecule has 0 fully saturated rings. The van der Waals surface area contributed by atoms with E-state index in [9.17, 15) is 4.39 Å². The maximum Gasteiger partial charge on any atom is 0.0894 e. The summed E-state index contributed by atoms with van der Waals surface area (Å²) in [4.78, 5) is 0. The van der Waals surface area contributed by atoms with Crippen molar-refractivity contribution in [2.45, 2.75) is 40.0 Å². The van der Waals surface area contributed by atoms with E-state index >= 15 is 0 Å². The molecule has 0 N–H and O–H groups in total. The monoisotopic (exact) mass is 146 g/mol. The van der Waals surface area contributed by atoms with Crippen molar-refractivity contribution < 1.29 is 4.39 Å². The van der Waals surface area contributed by atoms with Crippen LogP contribution in [0.2, 0.25) is 0 Å². The van der Waals surface area contributed by atoms with Gasteiger partial charge in [-0.3, -0.25) is 4.39 Å². The summed E-state index contributed by atoms with van der Waals surface area (Å²) in [6.07, 6.45) is 2.98. The minimum atomic E-state index is -0.148. The van der Waals surface area contributed by atoms with Crippen LogP contribution in [0, 0.1) is 11.8 Å². The van der Waals surface area contributed by atoms with E-state index in [1.807, 2.05) is 0 Å². The number of hydrogen-bond acceptors (Lipinski definition) is 0. The van der Waals surface area contributed by atoms with Crippen molar-refractivity contribution in [2.75, 3.05) is 6.67 Å². The van der Waals surface area contributed by atoms with Gasteiger partial charge in [-0.15, -0.1) is 0 Å². The van der Waals surface area contributed by atoms with E-state index in [2.05, 4.69) is 20.8 Å². The Morgan fingerprint density at radius 2 is 1.70 bits per heavy atom. The first-order chi connectivity index (χ1) is 4.68. The molecule has 62 valence electrons. The molecule has 0 spiro atoms. The average Bonchev–Trinajstić information content (AvgIpc) is 1.88. The molecule has 0 aromatic carbocycles. The summed E-state index contributed by atoms with van der Waals surface area (Å²) in [6.45, 7) is 6.54. The molecule has 0 rings (SSSR count). The van der Waals surface area contributed by atoms with Crippen LogP contribution in [0.15, 0.2) is 0 Å². The molecule has 0 aliphatic heterocycles. The Morgan fingerprint density at radius 3 is 2.10 bits per heavy atom. The van der Waals surface area contributed by atoms with Crippen LogP contribution in [0.4, 0.5) is 4.39 Å². The number of halogens is 1. The minimum Gasteiger partial charge on any atom is -0.251 e. The van der Waals surface area contributed by atoms with E-state index in [-0.39, 0.29) is 6.67 Å². The lowest BCUT2D eigenvalue weighted by atomic mass is 9.93. The summed E-state index contributed by atoms with van der Waals surface area (Å²) in [5, 5.41) is 0. The van der Waals surface area contributed by atoms with Gasteiger partial charge in [-0.1, -0.05) is 33.6 Å². The van der Waals surface area contributed by atoms with Gasteiger partial charge in [0.25, 0.3) is 0 Å². The molecular weight excluding hydrogens is 127 g/mol. The molecule has 0 unspecified atom stereocenters. The predicted molar refractivity (Wildman–Crippen MR) is 43.8 cm³/mol. The summed E-state index contributed by atoms with van der Waals surface area (Å²) < 4.78 is 11.6. The van der Waals surface area contributed by atoms with Gasteiger partial charge in [-0.25, -0.2) is 0 Å². The lowest BCUT2D eigenvalue weighted by Crippen LogP contribution is -2.03. The van der Waals surface area contributed by atoms with Crippen LogP contribution in [0.3, 0.4) is 0 Å². The fraction of sp³-hybridized carbons (Fsp3) is 1.00. The minimum absolute atomic E-state index is 0.148. The molecule has 0 aliphatic rings. The third kappa shape index (κ3) is 4.78. The van der Waals surface area contributed by atoms with Gasteiger partial charge in [-0.2, -0.15) is 0 Å². The fourth-order valence-corrected chi connectivity index (χ4v) is 0.894. The van der Waals surface area contributed by atoms with Crippen LogP contribution in [-0.4, -0.2) is 6.67 Å². The Labute approximate surface area is 63.8 Å². The molecule has 1 atom stereocenters. The van der Waals surface area contributed by atoms with Gasteiger partial charge in [0, 0.05) is 0 Å². The van der Waals surface area contributed by atoms with Gasteiger partial charge in [0.05, 0.1) is 6.67 Å². The van der Waals surface area contributed by atoms with Crippen LogP contribution < -0.4 is 0 Å². The predicted octanol–water partition coefficient (Wildman–Crippen LogP) is 3.42. The number of unbranched alkanes of at least 4 members (excludes halogenated alkanes) is 1. The van der Waals surface area contributed by atoms with Gasteiger partial charge in [0.1, 0.15) is 0 Å². The Bertz CT molecular complexity index is 69.1. The zero-order valence-electron chi connectivity index (χ0n) is 7.36. The molecule has 0 aromatic heterocycles. The van der Waals surface area contributed by atoms with E-state index in [1.54, 1.807) is 0 Å². The largest absolute Gasteiger partial charge is 0.251 e. The number of rotatable bonds is 5. The van der Waals surface area contributed by atoms with Gasteiger partial charge < -0.3 is 0 Å². The molecule has 1 heteroatoms. The molecule has 0 heterocycles. The van der Waals surface area contributed by atoms with E-state index in [1.165, 1.54) is 6.42 Å². The van der Waals surface area contributed by atoms with E-state index in [4.69, 9.17) is 0 Å². The third-order valence-corrected chi connectivity index (χ3v) is 2.18. The molecule has 0 saturated heterocycles. The smallest absolute Gasteiger partial charge is 0.0894 e. The van der Waals surface area contributed by atoms with Crippen molar-refractivity contribution in [1.82, 2.24) is 0 Å². The van der Waals surface area contributed by atoms with Crippen LogP contribution in [0.25, 0.3) is 0 Å². The lowest BCUT2D eigenvalue weighted by molar-refractivity contribution is 0.362. The highest BCUT2D eigenvalue weighted by Crippen LogP contribution is 2.16. The van der Waals surface area contributed by atoms with Gasteiger partial charge in [-0.05, 0) is 18.3 Å². The van der Waals surface area contributed by atoms with Crippen molar-refractivity contribution in [3.63, 3.8) is 0 Å². The molecule has 0 bridgehead atoms. The molecule has 0 aliphatic carbocycles. The van der Waals surface area contributed by atoms with Crippen molar-refractivity contribution in [3.05, 3.63) is 0 Å². The highest BCUT2D eigenvalue weighted by molar-refractivity contribution is 4.56. The second-order valence-corrected chi connectivity index (χ2v) is 3.41. The Balaban J connectivity index is 3.13. The third-order valence-electron chi connectivity index (χ3n) is 2.18. The van der Waals surface area contributed by atoms with E-state index in [0.29, 0.717) is 0 Å². The first-order valence-electron chi connectivity index (χ1n) is 4.24. The molecule has 0 radical (unpaired) electrons. The van der Waals surface area contributed by atoms with Gasteiger partial charge in [0.15, 0.2) is 0 Å². The van der Waals surface area contributed by atoms with Crippen LogP contribution in [0.5, 0.6) is 0 Å². The summed E-state index contributed by atoms with van der Waals surface area (Å²) in [6, 6.07) is 0. The molecule has 0 aromatic rings. The average molecular weight is 146 g/mol. The Kier molecular flexibility index (Phi) is 5.66. The Hall–Kier alpha value is -0.0700. The van der Waals surface area contributed by atoms with Crippen molar-refractivity contribution in [2.24, 2.45) is 11.8 Å². The number of alkyl halides is 1. The molecular formula is C9H19F. The highest BCUT2D eigenvalue weighted by Gasteiger charge is 2.05. The highest BCUT2D eigenvalue weighted by atomic mass is 19.1. The van der Waals surface area contributed by atoms with Crippen molar-refractivity contribution in [1.29, 1.82) is 0 Å². The van der Waals surface area contributed by atoms with E-state index in [0.717, 1.165) is 24.7 Å². The second-order valence-electron chi connectivity index (χ2n) is 3.41. The van der Waals surface area contributed by atoms with Crippen LogP contribution in [-0.2, 0) is 0 Å². The summed E-state index contributed by atoms with van der Waals surface area (Å²) in [5.74, 6) is 1.51. The molecule has 0 nitrogen and oxygen atoms in total. The number of hydrogen-bond donors (Lipinski definition) is 0. The topological polar surface area (TPSA) is 0 Å². The SMILES string of the molecule is CC(C)[C@@H](C)CCCCF. The molecule has 0 amide bonds. The summed E-state index contributed by atoms with van der Waals surface area (Å²) >= 11 is 0. The summed E-state index contributed by atoms with van der Waals surface area (Å²) in [7, 11) is 0. The van der Waals surface area contributed by atoms with Crippen molar-refractivity contribution >= 4 is 0 Å². The first kappa shape index (κ1) is 9.93. The first-order valence-corrected chi connectivity index (χ1v) is 4.24. The summed E-state index contributed by atoms with van der Waals surface area (Å²) in [5.41, 5.74) is 0. The maximum atomic E-state index is 11.6. The Morgan fingerprint density at radius 1 is 1.10 bits per heavy atom. The second kappa shape index (κ2) is 5.70. The zero-order chi connectivity index (χ0) is 7.98.